The van der Waals surface area contributed by atoms with Gasteiger partial charge in [-0.05, 0) is 48.9 Å². The molecule has 4 heteroatoms. The van der Waals surface area contributed by atoms with Gasteiger partial charge in [0, 0.05) is 18.1 Å². The van der Waals surface area contributed by atoms with Gasteiger partial charge < -0.3 is 14.6 Å². The number of nitrogens with zero attached hydrogens (tertiary/aromatic N) is 1. The lowest BCUT2D eigenvalue weighted by Gasteiger charge is -2.20. The summed E-state index contributed by atoms with van der Waals surface area (Å²) < 4.78 is 7.37. The van der Waals surface area contributed by atoms with E-state index in [0.29, 0.717) is 6.42 Å². The quantitative estimate of drug-likeness (QED) is 0.725. The van der Waals surface area contributed by atoms with Crippen LogP contribution in [0.15, 0.2) is 73.1 Å². The van der Waals surface area contributed by atoms with Gasteiger partial charge in [0.15, 0.2) is 0 Å². The number of benzene rings is 2. The number of carbonyl (C=O) groups is 1. The Kier molecular flexibility index (Phi) is 5.19. The Morgan fingerprint density at radius 1 is 1.08 bits per heavy atom. The van der Waals surface area contributed by atoms with E-state index in [-0.39, 0.29) is 11.9 Å². The Bertz CT molecular complexity index is 823. The van der Waals surface area contributed by atoms with Crippen molar-refractivity contribution in [3.63, 3.8) is 0 Å². The minimum absolute atomic E-state index is 0.0228. The van der Waals surface area contributed by atoms with E-state index in [1.54, 1.807) is 7.11 Å². The SMILES string of the molecule is COc1cccc(C(CC(=O)Nc2ccc(C)cc2)n2cccc2)c1. The van der Waals surface area contributed by atoms with Gasteiger partial charge in [-0.1, -0.05) is 29.8 Å². The molecule has 0 radical (unpaired) electrons. The van der Waals surface area contributed by atoms with E-state index in [2.05, 4.69) is 5.32 Å². The second kappa shape index (κ2) is 7.71. The maximum absolute atomic E-state index is 12.6. The van der Waals surface area contributed by atoms with Crippen LogP contribution in [0.3, 0.4) is 0 Å². The number of nitrogens with one attached hydrogen (secondary N) is 1. The van der Waals surface area contributed by atoms with Crippen molar-refractivity contribution in [3.05, 3.63) is 84.2 Å². The summed E-state index contributed by atoms with van der Waals surface area (Å²) in [5.74, 6) is 0.763. The van der Waals surface area contributed by atoms with Gasteiger partial charge in [0.25, 0.3) is 0 Å². The van der Waals surface area contributed by atoms with Crippen LogP contribution in [0.4, 0.5) is 5.69 Å². The summed E-state index contributed by atoms with van der Waals surface area (Å²) >= 11 is 0. The van der Waals surface area contributed by atoms with Crippen molar-refractivity contribution in [2.45, 2.75) is 19.4 Å². The molecule has 1 N–H and O–H groups in total. The summed E-state index contributed by atoms with van der Waals surface area (Å²) in [4.78, 5) is 12.6. The highest BCUT2D eigenvalue weighted by molar-refractivity contribution is 5.91. The van der Waals surface area contributed by atoms with Gasteiger partial charge in [-0.15, -0.1) is 0 Å². The summed E-state index contributed by atoms with van der Waals surface area (Å²) in [5, 5.41) is 2.98. The molecule has 25 heavy (non-hydrogen) atoms. The minimum atomic E-state index is -0.0875. The first kappa shape index (κ1) is 16.8. The van der Waals surface area contributed by atoms with Crippen LogP contribution in [0.25, 0.3) is 0 Å². The van der Waals surface area contributed by atoms with Crippen molar-refractivity contribution >= 4 is 11.6 Å². The molecule has 3 aromatic rings. The monoisotopic (exact) mass is 334 g/mol. The van der Waals surface area contributed by atoms with Gasteiger partial charge in [-0.2, -0.15) is 0 Å². The number of methoxy groups -OCH3 is 1. The van der Waals surface area contributed by atoms with Crippen LogP contribution < -0.4 is 10.1 Å². The maximum Gasteiger partial charge on any atom is 0.226 e. The summed E-state index contributed by atoms with van der Waals surface area (Å²) in [6, 6.07) is 19.5. The van der Waals surface area contributed by atoms with E-state index in [9.17, 15) is 4.79 Å². The molecule has 0 fully saturated rings. The van der Waals surface area contributed by atoms with Crippen molar-refractivity contribution < 1.29 is 9.53 Å². The van der Waals surface area contributed by atoms with Crippen molar-refractivity contribution in [1.82, 2.24) is 4.57 Å². The first-order valence-electron chi connectivity index (χ1n) is 8.28. The minimum Gasteiger partial charge on any atom is -0.497 e. The molecule has 0 saturated heterocycles. The number of amides is 1. The van der Waals surface area contributed by atoms with Crippen molar-refractivity contribution in [2.75, 3.05) is 12.4 Å². The summed E-state index contributed by atoms with van der Waals surface area (Å²) in [5.41, 5.74) is 3.02. The molecule has 1 heterocycles. The molecular formula is C21H22N2O2. The summed E-state index contributed by atoms with van der Waals surface area (Å²) in [7, 11) is 1.65. The predicted molar refractivity (Wildman–Crippen MR) is 100.0 cm³/mol. The molecule has 0 aliphatic carbocycles. The third kappa shape index (κ3) is 4.29. The van der Waals surface area contributed by atoms with E-state index in [4.69, 9.17) is 4.74 Å². The molecule has 2 aromatic carbocycles. The number of carbonyl (C=O) groups excluding carboxylic acids is 1. The van der Waals surface area contributed by atoms with Crippen LogP contribution in [0.2, 0.25) is 0 Å². The molecule has 0 bridgehead atoms. The predicted octanol–water partition coefficient (Wildman–Crippen LogP) is 4.42. The Morgan fingerprint density at radius 2 is 1.80 bits per heavy atom. The first-order valence-corrected chi connectivity index (χ1v) is 8.28. The molecule has 4 nitrogen and oxygen atoms in total. The standard InChI is InChI=1S/C21H22N2O2/c1-16-8-10-18(11-9-16)22-21(24)15-20(23-12-3-4-13-23)17-6-5-7-19(14-17)25-2/h3-14,20H,15H2,1-2H3,(H,22,24). The van der Waals surface area contributed by atoms with Gasteiger partial charge in [0.1, 0.15) is 5.75 Å². The highest BCUT2D eigenvalue weighted by atomic mass is 16.5. The van der Waals surface area contributed by atoms with Gasteiger partial charge in [-0.25, -0.2) is 0 Å². The average molecular weight is 334 g/mol. The van der Waals surface area contributed by atoms with E-state index < -0.39 is 0 Å². The largest absolute Gasteiger partial charge is 0.497 e. The molecule has 1 amide bonds. The fourth-order valence-corrected chi connectivity index (χ4v) is 2.82. The van der Waals surface area contributed by atoms with E-state index in [1.165, 1.54) is 5.56 Å². The molecule has 1 aromatic heterocycles. The zero-order chi connectivity index (χ0) is 17.6. The number of anilines is 1. The molecule has 1 atom stereocenters. The number of hydrogen-bond donors (Lipinski definition) is 1. The van der Waals surface area contributed by atoms with Gasteiger partial charge in [-0.3, -0.25) is 4.79 Å². The average Bonchev–Trinajstić information content (AvgIpc) is 3.16. The fraction of sp³-hybridized carbons (Fsp3) is 0.190. The second-order valence-corrected chi connectivity index (χ2v) is 6.04. The van der Waals surface area contributed by atoms with E-state index in [1.807, 2.05) is 84.5 Å². The molecule has 1 unspecified atom stereocenters. The molecule has 0 spiro atoms. The molecule has 128 valence electrons. The van der Waals surface area contributed by atoms with Crippen LogP contribution in [0.5, 0.6) is 5.75 Å². The van der Waals surface area contributed by atoms with E-state index >= 15 is 0 Å². The normalized spacial score (nSPS) is 11.8. The number of hydrogen-bond acceptors (Lipinski definition) is 2. The van der Waals surface area contributed by atoms with Crippen LogP contribution in [0, 0.1) is 6.92 Å². The van der Waals surface area contributed by atoms with Crippen molar-refractivity contribution in [3.8, 4) is 5.75 Å². The first-order chi connectivity index (χ1) is 12.2. The summed E-state index contributed by atoms with van der Waals surface area (Å²) in [6.07, 6.45) is 4.29. The van der Waals surface area contributed by atoms with Gasteiger partial charge in [0.2, 0.25) is 5.91 Å². The lowest BCUT2D eigenvalue weighted by molar-refractivity contribution is -0.116. The topological polar surface area (TPSA) is 43.3 Å². The zero-order valence-corrected chi connectivity index (χ0v) is 14.5. The highest BCUT2D eigenvalue weighted by Gasteiger charge is 2.18. The van der Waals surface area contributed by atoms with Crippen LogP contribution in [-0.2, 0) is 4.79 Å². The molecule has 3 rings (SSSR count). The third-order valence-corrected chi connectivity index (χ3v) is 4.18. The highest BCUT2D eigenvalue weighted by Crippen LogP contribution is 2.26. The van der Waals surface area contributed by atoms with Gasteiger partial charge >= 0.3 is 0 Å². The molecule has 0 aliphatic heterocycles. The number of ether oxygens (including phenoxy) is 1. The Hall–Kier alpha value is -3.01. The van der Waals surface area contributed by atoms with Crippen molar-refractivity contribution in [1.29, 1.82) is 0 Å². The number of rotatable bonds is 6. The van der Waals surface area contributed by atoms with Crippen LogP contribution in [-0.4, -0.2) is 17.6 Å². The van der Waals surface area contributed by atoms with Crippen molar-refractivity contribution in [2.24, 2.45) is 0 Å². The Labute approximate surface area is 148 Å². The third-order valence-electron chi connectivity index (χ3n) is 4.18. The summed E-state index contributed by atoms with van der Waals surface area (Å²) in [6.45, 7) is 2.02. The molecule has 0 saturated carbocycles. The number of aryl methyl sites for hydroxylation is 1. The van der Waals surface area contributed by atoms with Crippen LogP contribution >= 0.6 is 0 Å². The second-order valence-electron chi connectivity index (χ2n) is 6.04. The van der Waals surface area contributed by atoms with Crippen LogP contribution in [0.1, 0.15) is 23.6 Å². The number of aromatic nitrogens is 1. The lowest BCUT2D eigenvalue weighted by atomic mass is 10.0. The van der Waals surface area contributed by atoms with Gasteiger partial charge in [0.05, 0.1) is 19.6 Å². The smallest absolute Gasteiger partial charge is 0.226 e. The Morgan fingerprint density at radius 3 is 2.48 bits per heavy atom. The maximum atomic E-state index is 12.6. The lowest BCUT2D eigenvalue weighted by Crippen LogP contribution is -2.19. The zero-order valence-electron chi connectivity index (χ0n) is 14.5. The Balaban J connectivity index is 1.80. The molecule has 0 aliphatic rings. The van der Waals surface area contributed by atoms with E-state index in [0.717, 1.165) is 17.0 Å². The molecular weight excluding hydrogens is 312 g/mol. The fourth-order valence-electron chi connectivity index (χ4n) is 2.82.